The van der Waals surface area contributed by atoms with Crippen LogP contribution in [-0.2, 0) is 4.79 Å². The number of aldehydes is 1. The summed E-state index contributed by atoms with van der Waals surface area (Å²) in [5.41, 5.74) is -0.234. The van der Waals surface area contributed by atoms with Crippen molar-refractivity contribution in [1.29, 1.82) is 0 Å². The zero-order valence-corrected chi connectivity index (χ0v) is 9.90. The standard InChI is InChI=1S/C12H23NO3/c14-8-6-13(7-9-15)10-12(11-16)4-2-1-3-5-12/h11,14-15H,1-10H2. The van der Waals surface area contributed by atoms with Crippen molar-refractivity contribution in [3.05, 3.63) is 0 Å². The van der Waals surface area contributed by atoms with Crippen LogP contribution >= 0.6 is 0 Å². The fraction of sp³-hybridized carbons (Fsp3) is 0.917. The maximum absolute atomic E-state index is 11.3. The minimum Gasteiger partial charge on any atom is -0.395 e. The van der Waals surface area contributed by atoms with E-state index in [4.69, 9.17) is 10.2 Å². The molecule has 1 aliphatic carbocycles. The van der Waals surface area contributed by atoms with Crippen LogP contribution in [-0.4, -0.2) is 54.2 Å². The van der Waals surface area contributed by atoms with Crippen LogP contribution in [0.4, 0.5) is 0 Å². The number of rotatable bonds is 7. The van der Waals surface area contributed by atoms with E-state index in [9.17, 15) is 4.79 Å². The van der Waals surface area contributed by atoms with Gasteiger partial charge in [0.1, 0.15) is 6.29 Å². The summed E-state index contributed by atoms with van der Waals surface area (Å²) in [6, 6.07) is 0. The average molecular weight is 229 g/mol. The molecule has 0 atom stereocenters. The molecule has 94 valence electrons. The largest absolute Gasteiger partial charge is 0.395 e. The number of hydrogen-bond donors (Lipinski definition) is 2. The lowest BCUT2D eigenvalue weighted by Gasteiger charge is -2.36. The number of carbonyl (C=O) groups excluding carboxylic acids is 1. The molecule has 0 aliphatic heterocycles. The minimum atomic E-state index is -0.234. The van der Waals surface area contributed by atoms with Crippen LogP contribution in [0.15, 0.2) is 0 Å². The lowest BCUT2D eigenvalue weighted by Crippen LogP contribution is -2.42. The van der Waals surface area contributed by atoms with Crippen molar-refractivity contribution in [3.63, 3.8) is 0 Å². The first-order chi connectivity index (χ1) is 7.76. The van der Waals surface area contributed by atoms with Crippen molar-refractivity contribution in [2.24, 2.45) is 5.41 Å². The van der Waals surface area contributed by atoms with Gasteiger partial charge in [-0.25, -0.2) is 0 Å². The molecule has 0 saturated heterocycles. The molecule has 0 unspecified atom stereocenters. The molecular weight excluding hydrogens is 206 g/mol. The number of aliphatic hydroxyl groups is 2. The molecule has 16 heavy (non-hydrogen) atoms. The van der Waals surface area contributed by atoms with E-state index in [-0.39, 0.29) is 18.6 Å². The van der Waals surface area contributed by atoms with Gasteiger partial charge in [0.2, 0.25) is 0 Å². The van der Waals surface area contributed by atoms with E-state index in [0.717, 1.165) is 32.0 Å². The molecule has 1 fully saturated rings. The molecule has 0 heterocycles. The molecule has 0 amide bonds. The van der Waals surface area contributed by atoms with E-state index in [1.54, 1.807) is 0 Å². The van der Waals surface area contributed by atoms with Crippen LogP contribution in [0.3, 0.4) is 0 Å². The summed E-state index contributed by atoms with van der Waals surface area (Å²) in [4.78, 5) is 13.3. The molecule has 1 saturated carbocycles. The molecule has 0 bridgehead atoms. The Morgan fingerprint density at radius 1 is 1.06 bits per heavy atom. The van der Waals surface area contributed by atoms with Gasteiger partial charge in [-0.1, -0.05) is 19.3 Å². The molecular formula is C12H23NO3. The Bertz CT molecular complexity index is 196. The number of nitrogens with zero attached hydrogens (tertiary/aromatic N) is 1. The highest BCUT2D eigenvalue weighted by Crippen LogP contribution is 2.35. The van der Waals surface area contributed by atoms with Crippen molar-refractivity contribution in [3.8, 4) is 0 Å². The average Bonchev–Trinajstić information content (AvgIpc) is 2.31. The second kappa shape index (κ2) is 6.99. The molecule has 0 aromatic rings. The first-order valence-corrected chi connectivity index (χ1v) is 6.17. The number of hydrogen-bond acceptors (Lipinski definition) is 4. The molecule has 0 aromatic heterocycles. The van der Waals surface area contributed by atoms with Crippen LogP contribution in [0.1, 0.15) is 32.1 Å². The van der Waals surface area contributed by atoms with Gasteiger partial charge in [0.25, 0.3) is 0 Å². The Morgan fingerprint density at radius 3 is 2.06 bits per heavy atom. The van der Waals surface area contributed by atoms with Gasteiger partial charge in [-0.15, -0.1) is 0 Å². The van der Waals surface area contributed by atoms with Crippen molar-refractivity contribution in [2.75, 3.05) is 32.8 Å². The Balaban J connectivity index is 2.53. The lowest BCUT2D eigenvalue weighted by molar-refractivity contribution is -0.119. The van der Waals surface area contributed by atoms with E-state index in [1.165, 1.54) is 6.42 Å². The van der Waals surface area contributed by atoms with Gasteiger partial charge in [0, 0.05) is 25.0 Å². The van der Waals surface area contributed by atoms with E-state index in [1.807, 2.05) is 4.90 Å². The quantitative estimate of drug-likeness (QED) is 0.621. The minimum absolute atomic E-state index is 0.0783. The van der Waals surface area contributed by atoms with Gasteiger partial charge in [0.05, 0.1) is 13.2 Å². The van der Waals surface area contributed by atoms with Gasteiger partial charge >= 0.3 is 0 Å². The zero-order chi connectivity index (χ0) is 11.9. The molecule has 4 nitrogen and oxygen atoms in total. The van der Waals surface area contributed by atoms with Crippen molar-refractivity contribution in [1.82, 2.24) is 4.90 Å². The van der Waals surface area contributed by atoms with Gasteiger partial charge in [-0.2, -0.15) is 0 Å². The summed E-state index contributed by atoms with van der Waals surface area (Å²) >= 11 is 0. The predicted molar refractivity (Wildman–Crippen MR) is 62.2 cm³/mol. The molecule has 4 heteroatoms. The highest BCUT2D eigenvalue weighted by molar-refractivity contribution is 5.60. The number of carbonyl (C=O) groups is 1. The van der Waals surface area contributed by atoms with Crippen LogP contribution < -0.4 is 0 Å². The third-order valence-corrected chi connectivity index (χ3v) is 3.47. The maximum atomic E-state index is 11.3. The SMILES string of the molecule is O=CC1(CN(CCO)CCO)CCCCC1. The maximum Gasteiger partial charge on any atom is 0.127 e. The Hall–Kier alpha value is -0.450. The fourth-order valence-electron chi connectivity index (χ4n) is 2.57. The third kappa shape index (κ3) is 3.85. The molecule has 2 N–H and O–H groups in total. The fourth-order valence-corrected chi connectivity index (χ4v) is 2.57. The normalized spacial score (nSPS) is 19.9. The Labute approximate surface area is 97.3 Å². The zero-order valence-electron chi connectivity index (χ0n) is 9.90. The first-order valence-electron chi connectivity index (χ1n) is 6.17. The molecule has 1 aliphatic rings. The van der Waals surface area contributed by atoms with E-state index in [2.05, 4.69) is 0 Å². The van der Waals surface area contributed by atoms with E-state index >= 15 is 0 Å². The summed E-state index contributed by atoms with van der Waals surface area (Å²) < 4.78 is 0. The van der Waals surface area contributed by atoms with Crippen molar-refractivity contribution >= 4 is 6.29 Å². The summed E-state index contributed by atoms with van der Waals surface area (Å²) in [7, 11) is 0. The Morgan fingerprint density at radius 2 is 1.62 bits per heavy atom. The van der Waals surface area contributed by atoms with E-state index < -0.39 is 0 Å². The third-order valence-electron chi connectivity index (χ3n) is 3.47. The first kappa shape index (κ1) is 13.6. The van der Waals surface area contributed by atoms with Crippen molar-refractivity contribution < 1.29 is 15.0 Å². The molecule has 0 spiro atoms. The predicted octanol–water partition coefficient (Wildman–Crippen LogP) is 0.422. The molecule has 0 aromatic carbocycles. The van der Waals surface area contributed by atoms with Crippen LogP contribution in [0.25, 0.3) is 0 Å². The second-order valence-corrected chi connectivity index (χ2v) is 4.76. The van der Waals surface area contributed by atoms with Gasteiger partial charge in [0.15, 0.2) is 0 Å². The smallest absolute Gasteiger partial charge is 0.127 e. The van der Waals surface area contributed by atoms with Crippen LogP contribution in [0.2, 0.25) is 0 Å². The molecule has 0 radical (unpaired) electrons. The van der Waals surface area contributed by atoms with Gasteiger partial charge in [-0.3, -0.25) is 4.90 Å². The highest BCUT2D eigenvalue weighted by atomic mass is 16.3. The monoisotopic (exact) mass is 229 g/mol. The highest BCUT2D eigenvalue weighted by Gasteiger charge is 2.33. The topological polar surface area (TPSA) is 60.8 Å². The Kier molecular flexibility index (Phi) is 5.95. The second-order valence-electron chi connectivity index (χ2n) is 4.76. The lowest BCUT2D eigenvalue weighted by atomic mass is 9.75. The van der Waals surface area contributed by atoms with Gasteiger partial charge < -0.3 is 15.0 Å². The molecule has 1 rings (SSSR count). The summed E-state index contributed by atoms with van der Waals surface area (Å²) in [6.07, 6.45) is 6.44. The van der Waals surface area contributed by atoms with Gasteiger partial charge in [-0.05, 0) is 12.8 Å². The van der Waals surface area contributed by atoms with E-state index in [0.29, 0.717) is 19.6 Å². The number of aliphatic hydroxyl groups excluding tert-OH is 2. The summed E-state index contributed by atoms with van der Waals surface area (Å²) in [5.74, 6) is 0. The summed E-state index contributed by atoms with van der Waals surface area (Å²) in [5, 5.41) is 17.9. The summed E-state index contributed by atoms with van der Waals surface area (Å²) in [6.45, 7) is 1.91. The van der Waals surface area contributed by atoms with Crippen LogP contribution in [0, 0.1) is 5.41 Å². The van der Waals surface area contributed by atoms with Crippen molar-refractivity contribution in [2.45, 2.75) is 32.1 Å². The van der Waals surface area contributed by atoms with Crippen LogP contribution in [0.5, 0.6) is 0 Å².